The molecule has 0 unspecified atom stereocenters. The molecule has 0 bridgehead atoms. The average molecular weight is 270 g/mol. The molecule has 0 radical (unpaired) electrons. The molecule has 0 aliphatic carbocycles. The van der Waals surface area contributed by atoms with Crippen molar-refractivity contribution in [1.82, 2.24) is 5.32 Å². The molecule has 0 fully saturated rings. The van der Waals surface area contributed by atoms with Crippen LogP contribution in [0.5, 0.6) is 0 Å². The number of anilines is 1. The summed E-state index contributed by atoms with van der Waals surface area (Å²) in [5.41, 5.74) is 0.753. The lowest BCUT2D eigenvalue weighted by Crippen LogP contribution is -2.26. The Morgan fingerprint density at radius 3 is 2.16 bits per heavy atom. The monoisotopic (exact) mass is 270 g/mol. The number of benzene rings is 1. The third-order valence-electron chi connectivity index (χ3n) is 3.02. The van der Waals surface area contributed by atoms with E-state index in [0.29, 0.717) is 25.2 Å². The van der Waals surface area contributed by atoms with Gasteiger partial charge in [0.25, 0.3) is 0 Å². The molecule has 0 aromatic heterocycles. The molecule has 1 N–H and O–H groups in total. The van der Waals surface area contributed by atoms with Gasteiger partial charge in [-0.25, -0.2) is 8.78 Å². The largest absolute Gasteiger partial charge is 0.367 e. The summed E-state index contributed by atoms with van der Waals surface area (Å²) < 4.78 is 28.1. The summed E-state index contributed by atoms with van der Waals surface area (Å²) in [6, 6.07) is 2.86. The molecule has 0 amide bonds. The highest BCUT2D eigenvalue weighted by Crippen LogP contribution is 2.25. The predicted molar refractivity (Wildman–Crippen MR) is 76.5 cm³/mol. The van der Waals surface area contributed by atoms with Crippen LogP contribution in [0.15, 0.2) is 12.1 Å². The first-order valence-electron chi connectivity index (χ1n) is 7.07. The first-order valence-corrected chi connectivity index (χ1v) is 7.07. The fraction of sp³-hybridized carbons (Fsp3) is 0.600. The van der Waals surface area contributed by atoms with Crippen LogP contribution in [0.2, 0.25) is 0 Å². The number of rotatable bonds is 8. The minimum absolute atomic E-state index is 0.101. The molecule has 0 heterocycles. The Kier molecular flexibility index (Phi) is 6.78. The molecule has 0 spiro atoms. The average Bonchev–Trinajstić information content (AvgIpc) is 2.37. The zero-order chi connectivity index (χ0) is 14.3. The Morgan fingerprint density at radius 1 is 1.05 bits per heavy atom. The summed E-state index contributed by atoms with van der Waals surface area (Å²) in [5.74, 6) is -0.938. The van der Waals surface area contributed by atoms with Gasteiger partial charge in [-0.05, 0) is 44.0 Å². The van der Waals surface area contributed by atoms with Gasteiger partial charge in [0.05, 0.1) is 0 Å². The number of hydrogen-bond acceptors (Lipinski definition) is 2. The van der Waals surface area contributed by atoms with E-state index >= 15 is 0 Å². The molecule has 0 aliphatic rings. The summed E-state index contributed by atoms with van der Waals surface area (Å²) >= 11 is 0. The van der Waals surface area contributed by atoms with Gasteiger partial charge in [-0.3, -0.25) is 0 Å². The smallest absolute Gasteiger partial charge is 0.149 e. The maximum atomic E-state index is 14.1. The van der Waals surface area contributed by atoms with E-state index in [-0.39, 0.29) is 5.69 Å². The van der Waals surface area contributed by atoms with Crippen LogP contribution in [0.25, 0.3) is 0 Å². The maximum absolute atomic E-state index is 14.1. The van der Waals surface area contributed by atoms with Crippen LogP contribution in [-0.2, 0) is 6.54 Å². The van der Waals surface area contributed by atoms with E-state index in [0.717, 1.165) is 19.4 Å². The Balaban J connectivity index is 2.89. The second-order valence-corrected chi connectivity index (χ2v) is 4.66. The number of hydrogen-bond donors (Lipinski definition) is 1. The first-order chi connectivity index (χ1) is 9.13. The molecule has 4 heteroatoms. The summed E-state index contributed by atoms with van der Waals surface area (Å²) in [7, 11) is 0. The van der Waals surface area contributed by atoms with Gasteiger partial charge in [0.15, 0.2) is 0 Å². The van der Waals surface area contributed by atoms with Crippen LogP contribution in [0.1, 0.15) is 39.2 Å². The van der Waals surface area contributed by atoms with E-state index in [4.69, 9.17) is 0 Å². The van der Waals surface area contributed by atoms with Gasteiger partial charge in [0, 0.05) is 19.6 Å². The molecule has 108 valence electrons. The molecule has 1 rings (SSSR count). The molecular weight excluding hydrogens is 246 g/mol. The standard InChI is InChI=1S/C15H24F2N2/c1-4-7-18-11-12-9-13(16)15(14(17)10-12)19(6-3)8-5-2/h9-10,18H,4-8,11H2,1-3H3. The van der Waals surface area contributed by atoms with Crippen LogP contribution in [0.4, 0.5) is 14.5 Å². The summed E-state index contributed by atoms with van der Waals surface area (Å²) in [4.78, 5) is 1.74. The van der Waals surface area contributed by atoms with Crippen molar-refractivity contribution in [3.05, 3.63) is 29.3 Å². The van der Waals surface area contributed by atoms with Gasteiger partial charge in [0.1, 0.15) is 17.3 Å². The van der Waals surface area contributed by atoms with Crippen molar-refractivity contribution in [2.24, 2.45) is 0 Å². The third kappa shape index (κ3) is 4.46. The zero-order valence-electron chi connectivity index (χ0n) is 12.1. The van der Waals surface area contributed by atoms with Crippen molar-refractivity contribution in [2.45, 2.75) is 40.2 Å². The molecular formula is C15H24F2N2. The molecule has 0 atom stereocenters. The van der Waals surface area contributed by atoms with Crippen molar-refractivity contribution in [2.75, 3.05) is 24.5 Å². The Bertz CT molecular complexity index is 371. The van der Waals surface area contributed by atoms with Crippen LogP contribution >= 0.6 is 0 Å². The predicted octanol–water partition coefficient (Wildman–Crippen LogP) is 3.70. The molecule has 1 aromatic carbocycles. The van der Waals surface area contributed by atoms with E-state index in [1.54, 1.807) is 4.90 Å². The molecule has 0 saturated carbocycles. The second-order valence-electron chi connectivity index (χ2n) is 4.66. The van der Waals surface area contributed by atoms with Crippen molar-refractivity contribution in [3.8, 4) is 0 Å². The minimum atomic E-state index is -0.469. The highest BCUT2D eigenvalue weighted by molar-refractivity contribution is 5.50. The zero-order valence-corrected chi connectivity index (χ0v) is 12.1. The van der Waals surface area contributed by atoms with Gasteiger partial charge in [0.2, 0.25) is 0 Å². The second kappa shape index (κ2) is 8.10. The summed E-state index contributed by atoms with van der Waals surface area (Å²) in [6.45, 7) is 8.59. The number of nitrogens with zero attached hydrogens (tertiary/aromatic N) is 1. The van der Waals surface area contributed by atoms with Crippen molar-refractivity contribution < 1.29 is 8.78 Å². The Hall–Kier alpha value is -1.16. The fourth-order valence-electron chi connectivity index (χ4n) is 2.13. The SMILES string of the molecule is CCCNCc1cc(F)c(N(CC)CCC)c(F)c1. The maximum Gasteiger partial charge on any atom is 0.149 e. The highest BCUT2D eigenvalue weighted by Gasteiger charge is 2.16. The molecule has 0 aliphatic heterocycles. The molecule has 0 saturated heterocycles. The molecule has 19 heavy (non-hydrogen) atoms. The summed E-state index contributed by atoms with van der Waals surface area (Å²) in [6.07, 6.45) is 1.87. The van der Waals surface area contributed by atoms with Crippen molar-refractivity contribution in [3.63, 3.8) is 0 Å². The lowest BCUT2D eigenvalue weighted by molar-refractivity contribution is 0.564. The normalized spacial score (nSPS) is 10.8. The Labute approximate surface area is 114 Å². The lowest BCUT2D eigenvalue weighted by Gasteiger charge is -2.24. The number of halogens is 2. The highest BCUT2D eigenvalue weighted by atomic mass is 19.1. The molecule has 2 nitrogen and oxygen atoms in total. The minimum Gasteiger partial charge on any atom is -0.367 e. The summed E-state index contributed by atoms with van der Waals surface area (Å²) in [5, 5.41) is 3.15. The van der Waals surface area contributed by atoms with Gasteiger partial charge >= 0.3 is 0 Å². The van der Waals surface area contributed by atoms with Crippen molar-refractivity contribution in [1.29, 1.82) is 0 Å². The van der Waals surface area contributed by atoms with Crippen LogP contribution in [0, 0.1) is 11.6 Å². The van der Waals surface area contributed by atoms with Gasteiger partial charge in [-0.2, -0.15) is 0 Å². The van der Waals surface area contributed by atoms with E-state index in [9.17, 15) is 8.78 Å². The van der Waals surface area contributed by atoms with Gasteiger partial charge in [-0.15, -0.1) is 0 Å². The Morgan fingerprint density at radius 2 is 1.68 bits per heavy atom. The number of nitrogens with one attached hydrogen (secondary N) is 1. The van der Waals surface area contributed by atoms with Gasteiger partial charge < -0.3 is 10.2 Å². The lowest BCUT2D eigenvalue weighted by atomic mass is 10.1. The molecule has 1 aromatic rings. The van der Waals surface area contributed by atoms with Crippen LogP contribution in [0.3, 0.4) is 0 Å². The topological polar surface area (TPSA) is 15.3 Å². The third-order valence-corrected chi connectivity index (χ3v) is 3.02. The fourth-order valence-corrected chi connectivity index (χ4v) is 2.13. The van der Waals surface area contributed by atoms with E-state index in [1.807, 2.05) is 13.8 Å². The first kappa shape index (κ1) is 15.9. The van der Waals surface area contributed by atoms with Crippen LogP contribution in [-0.4, -0.2) is 19.6 Å². The van der Waals surface area contributed by atoms with Crippen molar-refractivity contribution >= 4 is 5.69 Å². The van der Waals surface area contributed by atoms with Crippen LogP contribution < -0.4 is 10.2 Å². The van der Waals surface area contributed by atoms with Gasteiger partial charge in [-0.1, -0.05) is 13.8 Å². The quantitative estimate of drug-likeness (QED) is 0.725. The van der Waals surface area contributed by atoms with E-state index < -0.39 is 11.6 Å². The van der Waals surface area contributed by atoms with E-state index in [2.05, 4.69) is 12.2 Å². The van der Waals surface area contributed by atoms with E-state index in [1.165, 1.54) is 12.1 Å².